The predicted molar refractivity (Wildman–Crippen MR) is 58.6 cm³/mol. The first-order chi connectivity index (χ1) is 7.25. The Bertz CT molecular complexity index is 485. The summed E-state index contributed by atoms with van der Waals surface area (Å²) in [5.74, 6) is 0.608. The quantitative estimate of drug-likeness (QED) is 0.686. The number of benzene rings is 1. The van der Waals surface area contributed by atoms with E-state index in [1.165, 1.54) is 5.56 Å². The third kappa shape index (κ3) is 2.28. The van der Waals surface area contributed by atoms with Gasteiger partial charge in [0.2, 0.25) is 5.95 Å². The second-order valence-electron chi connectivity index (χ2n) is 3.38. The van der Waals surface area contributed by atoms with Crippen LogP contribution in [0.2, 0.25) is 0 Å². The molecule has 0 spiro atoms. The highest BCUT2D eigenvalue weighted by Crippen LogP contribution is 2.16. The Balaban J connectivity index is 2.22. The zero-order chi connectivity index (χ0) is 10.7. The molecule has 1 heterocycles. The lowest BCUT2D eigenvalue weighted by molar-refractivity contribution is 0.893. The molecule has 0 aliphatic carbocycles. The number of aromatic nitrogens is 2. The molecule has 0 bridgehead atoms. The summed E-state index contributed by atoms with van der Waals surface area (Å²) in [5, 5.41) is 8.17. The van der Waals surface area contributed by atoms with Crippen LogP contribution in [0.5, 0.6) is 0 Å². The summed E-state index contributed by atoms with van der Waals surface area (Å²) in [7, 11) is 1.89. The van der Waals surface area contributed by atoms with E-state index >= 15 is 0 Å². The van der Waals surface area contributed by atoms with Crippen LogP contribution in [0.4, 0.5) is 11.6 Å². The second-order valence-corrected chi connectivity index (χ2v) is 3.38. The Kier molecular flexibility index (Phi) is 2.58. The topological polar surface area (TPSA) is 42.5 Å². The summed E-state index contributed by atoms with van der Waals surface area (Å²) in [6, 6.07) is 7.88. The molecule has 4 nitrogen and oxygen atoms in total. The first kappa shape index (κ1) is 9.58. The van der Waals surface area contributed by atoms with Gasteiger partial charge in [-0.2, -0.15) is 0 Å². The van der Waals surface area contributed by atoms with E-state index in [0.29, 0.717) is 5.95 Å². The molecule has 0 amide bonds. The Hall–Kier alpha value is -1.97. The molecule has 1 aromatic carbocycles. The predicted octanol–water partition coefficient (Wildman–Crippen LogP) is 3.14. The molecule has 0 saturated heterocycles. The highest BCUT2D eigenvalue weighted by atomic mass is 15.2. The number of azo groups is 1. The normalized spacial score (nSPS) is 11.1. The van der Waals surface area contributed by atoms with E-state index in [-0.39, 0.29) is 0 Å². The average molecular weight is 200 g/mol. The number of rotatable bonds is 2. The van der Waals surface area contributed by atoms with E-state index < -0.39 is 0 Å². The number of imidazole rings is 1. The maximum atomic E-state index is 4.11. The SMILES string of the molecule is Cc1cccc(N=Nc2nccn2C)c1. The van der Waals surface area contributed by atoms with E-state index in [4.69, 9.17) is 0 Å². The Morgan fingerprint density at radius 1 is 1.27 bits per heavy atom. The maximum Gasteiger partial charge on any atom is 0.249 e. The second kappa shape index (κ2) is 4.04. The summed E-state index contributed by atoms with van der Waals surface area (Å²) in [6.45, 7) is 2.03. The van der Waals surface area contributed by atoms with E-state index in [2.05, 4.69) is 15.2 Å². The van der Waals surface area contributed by atoms with Crippen LogP contribution in [0.1, 0.15) is 5.56 Å². The molecule has 1 aromatic heterocycles. The van der Waals surface area contributed by atoms with Crippen molar-refractivity contribution in [1.29, 1.82) is 0 Å². The average Bonchev–Trinajstić information content (AvgIpc) is 2.61. The highest BCUT2D eigenvalue weighted by Gasteiger charge is 1.95. The van der Waals surface area contributed by atoms with E-state index in [9.17, 15) is 0 Å². The van der Waals surface area contributed by atoms with Gasteiger partial charge in [0.15, 0.2) is 0 Å². The van der Waals surface area contributed by atoms with Gasteiger partial charge in [0.25, 0.3) is 0 Å². The lowest BCUT2D eigenvalue weighted by Crippen LogP contribution is -1.82. The van der Waals surface area contributed by atoms with Gasteiger partial charge in [-0.25, -0.2) is 4.98 Å². The number of aryl methyl sites for hydroxylation is 2. The van der Waals surface area contributed by atoms with E-state index in [0.717, 1.165) is 5.69 Å². The molecule has 0 N–H and O–H groups in total. The highest BCUT2D eigenvalue weighted by molar-refractivity contribution is 5.39. The fourth-order valence-electron chi connectivity index (χ4n) is 1.25. The summed E-state index contributed by atoms with van der Waals surface area (Å²) < 4.78 is 1.82. The van der Waals surface area contributed by atoms with Gasteiger partial charge in [0, 0.05) is 19.4 Å². The van der Waals surface area contributed by atoms with Crippen molar-refractivity contribution in [2.75, 3.05) is 0 Å². The maximum absolute atomic E-state index is 4.11. The molecule has 2 rings (SSSR count). The number of nitrogens with zero attached hydrogens (tertiary/aromatic N) is 4. The van der Waals surface area contributed by atoms with Crippen molar-refractivity contribution >= 4 is 11.6 Å². The van der Waals surface area contributed by atoms with E-state index in [1.54, 1.807) is 6.20 Å². The first-order valence-electron chi connectivity index (χ1n) is 4.71. The van der Waals surface area contributed by atoms with Crippen molar-refractivity contribution in [2.45, 2.75) is 6.92 Å². The van der Waals surface area contributed by atoms with Gasteiger partial charge >= 0.3 is 0 Å². The van der Waals surface area contributed by atoms with Crippen LogP contribution in [0.3, 0.4) is 0 Å². The van der Waals surface area contributed by atoms with Crippen LogP contribution in [0.25, 0.3) is 0 Å². The van der Waals surface area contributed by atoms with Gasteiger partial charge in [-0.3, -0.25) is 0 Å². The largest absolute Gasteiger partial charge is 0.317 e. The van der Waals surface area contributed by atoms with Crippen LogP contribution < -0.4 is 0 Å². The van der Waals surface area contributed by atoms with Crippen molar-refractivity contribution in [1.82, 2.24) is 9.55 Å². The Morgan fingerprint density at radius 2 is 2.13 bits per heavy atom. The minimum absolute atomic E-state index is 0.608. The molecule has 0 aliphatic heterocycles. The van der Waals surface area contributed by atoms with Crippen molar-refractivity contribution in [3.05, 3.63) is 42.2 Å². The van der Waals surface area contributed by atoms with Gasteiger partial charge in [-0.1, -0.05) is 12.1 Å². The third-order valence-electron chi connectivity index (χ3n) is 2.05. The Labute approximate surface area is 88.3 Å². The van der Waals surface area contributed by atoms with Crippen LogP contribution in [0, 0.1) is 6.92 Å². The van der Waals surface area contributed by atoms with Crippen LogP contribution in [-0.2, 0) is 7.05 Å². The smallest absolute Gasteiger partial charge is 0.249 e. The summed E-state index contributed by atoms with van der Waals surface area (Å²) in [5.41, 5.74) is 2.02. The van der Waals surface area contributed by atoms with Crippen LogP contribution in [-0.4, -0.2) is 9.55 Å². The first-order valence-corrected chi connectivity index (χ1v) is 4.71. The third-order valence-corrected chi connectivity index (χ3v) is 2.05. The zero-order valence-corrected chi connectivity index (χ0v) is 8.75. The number of hydrogen-bond donors (Lipinski definition) is 0. The van der Waals surface area contributed by atoms with Gasteiger partial charge in [-0.05, 0) is 24.6 Å². The zero-order valence-electron chi connectivity index (χ0n) is 8.75. The Morgan fingerprint density at radius 3 is 2.80 bits per heavy atom. The van der Waals surface area contributed by atoms with Crippen molar-refractivity contribution in [3.8, 4) is 0 Å². The van der Waals surface area contributed by atoms with Gasteiger partial charge in [-0.15, -0.1) is 10.2 Å². The molecule has 0 atom stereocenters. The minimum atomic E-state index is 0.608. The van der Waals surface area contributed by atoms with E-state index in [1.807, 2.05) is 49.0 Å². The molecular weight excluding hydrogens is 188 g/mol. The molecule has 0 saturated carbocycles. The molecule has 15 heavy (non-hydrogen) atoms. The minimum Gasteiger partial charge on any atom is -0.317 e. The fraction of sp³-hybridized carbons (Fsp3) is 0.182. The van der Waals surface area contributed by atoms with Crippen molar-refractivity contribution < 1.29 is 0 Å². The van der Waals surface area contributed by atoms with Crippen molar-refractivity contribution in [2.24, 2.45) is 17.3 Å². The van der Waals surface area contributed by atoms with Gasteiger partial charge < -0.3 is 4.57 Å². The molecule has 76 valence electrons. The number of hydrogen-bond acceptors (Lipinski definition) is 3. The lowest BCUT2D eigenvalue weighted by Gasteiger charge is -1.94. The summed E-state index contributed by atoms with van der Waals surface area (Å²) >= 11 is 0. The van der Waals surface area contributed by atoms with Crippen molar-refractivity contribution in [3.63, 3.8) is 0 Å². The molecular formula is C11H12N4. The molecule has 0 aliphatic rings. The molecule has 0 unspecified atom stereocenters. The van der Waals surface area contributed by atoms with Crippen LogP contribution in [0.15, 0.2) is 46.9 Å². The van der Waals surface area contributed by atoms with Gasteiger partial charge in [0.1, 0.15) is 0 Å². The fourth-order valence-corrected chi connectivity index (χ4v) is 1.25. The summed E-state index contributed by atoms with van der Waals surface area (Å²) in [6.07, 6.45) is 3.54. The molecule has 2 aromatic rings. The molecule has 0 radical (unpaired) electrons. The summed E-state index contributed by atoms with van der Waals surface area (Å²) in [4.78, 5) is 4.06. The lowest BCUT2D eigenvalue weighted by atomic mass is 10.2. The van der Waals surface area contributed by atoms with Crippen LogP contribution >= 0.6 is 0 Å². The molecule has 0 fully saturated rings. The monoisotopic (exact) mass is 200 g/mol. The molecule has 4 heteroatoms. The van der Waals surface area contributed by atoms with Gasteiger partial charge in [0.05, 0.1) is 5.69 Å². The standard InChI is InChI=1S/C11H12N4/c1-9-4-3-5-10(8-9)13-14-11-12-6-7-15(11)2/h3-8H,1-2H3.